The molecule has 1 amide bonds. The quantitative estimate of drug-likeness (QED) is 0.358. The van der Waals surface area contributed by atoms with E-state index in [9.17, 15) is 14.8 Å². The highest BCUT2D eigenvalue weighted by Gasteiger charge is 2.22. The number of aromatic amines is 1. The number of hydrazine groups is 1. The number of hydrogen-bond acceptors (Lipinski definition) is 6. The van der Waals surface area contributed by atoms with Gasteiger partial charge in [0, 0.05) is 24.0 Å². The normalized spacial score (nSPS) is 10.8. The average molecular weight is 421 g/mol. The molecule has 8 nitrogen and oxygen atoms in total. The van der Waals surface area contributed by atoms with Crippen LogP contribution in [0.2, 0.25) is 0 Å². The van der Waals surface area contributed by atoms with Crippen LogP contribution in [0, 0.1) is 12.1 Å². The van der Waals surface area contributed by atoms with Crippen molar-refractivity contribution in [3.63, 3.8) is 0 Å². The van der Waals surface area contributed by atoms with Gasteiger partial charge in [-0.25, -0.2) is 4.79 Å². The van der Waals surface area contributed by atoms with Gasteiger partial charge in [-0.3, -0.25) is 9.97 Å². The predicted octanol–water partition coefficient (Wildman–Crippen LogP) is 3.64. The second-order valence-corrected chi connectivity index (χ2v) is 7.06. The zero-order chi connectivity index (χ0) is 22.4. The Bertz CT molecular complexity index is 1040. The van der Waals surface area contributed by atoms with Crippen LogP contribution in [-0.2, 0) is 11.2 Å². The second-order valence-electron chi connectivity index (χ2n) is 7.06. The van der Waals surface area contributed by atoms with Crippen LogP contribution in [0.1, 0.15) is 38.9 Å². The number of hydrogen-bond donors (Lipinski definition) is 3. The van der Waals surface area contributed by atoms with Crippen LogP contribution in [0.3, 0.4) is 0 Å². The molecular weight excluding hydrogens is 396 g/mol. The Kier molecular flexibility index (Phi) is 7.07. The molecule has 0 aliphatic rings. The number of benzene rings is 2. The second kappa shape index (κ2) is 9.92. The highest BCUT2D eigenvalue weighted by atomic mass is 16.5. The molecule has 0 atom stereocenters. The zero-order valence-electron chi connectivity index (χ0n) is 17.5. The molecule has 0 aliphatic carbocycles. The summed E-state index contributed by atoms with van der Waals surface area (Å²) in [6.45, 7) is 4.21. The number of aryl methyl sites for hydroxylation is 1. The van der Waals surface area contributed by atoms with E-state index in [-0.39, 0.29) is 24.4 Å². The molecule has 0 aliphatic heterocycles. The van der Waals surface area contributed by atoms with Crippen molar-refractivity contribution < 1.29 is 14.3 Å². The first kappa shape index (κ1) is 22.1. The van der Waals surface area contributed by atoms with E-state index in [0.29, 0.717) is 23.2 Å². The molecule has 2 aromatic carbocycles. The van der Waals surface area contributed by atoms with Gasteiger partial charge in [0.15, 0.2) is 0 Å². The van der Waals surface area contributed by atoms with Gasteiger partial charge in [-0.2, -0.15) is 0 Å². The number of nitrogens with one attached hydrogen (secondary N) is 2. The third kappa shape index (κ3) is 5.50. The van der Waals surface area contributed by atoms with Crippen LogP contribution in [0.25, 0.3) is 11.1 Å². The largest absolute Gasteiger partial charge is 0.767 e. The van der Waals surface area contributed by atoms with E-state index >= 15 is 0 Å². The van der Waals surface area contributed by atoms with Gasteiger partial charge in [-0.15, -0.1) is 0 Å². The average Bonchev–Trinajstić information content (AvgIpc) is 3.20. The van der Waals surface area contributed by atoms with Crippen LogP contribution in [0.15, 0.2) is 54.7 Å². The van der Waals surface area contributed by atoms with Crippen LogP contribution in [0.5, 0.6) is 0 Å². The number of esters is 1. The van der Waals surface area contributed by atoms with Gasteiger partial charge in [0.1, 0.15) is 5.69 Å². The molecule has 0 unspecified atom stereocenters. The highest BCUT2D eigenvalue weighted by Crippen LogP contribution is 2.29. The SMILES string of the molecule is CCOC(=O)c1c[nH]c(C(N)=O)c1-c1ccc(NN([O-])CCc2ccc(C)cc2)cc1. The van der Waals surface area contributed by atoms with Crippen molar-refractivity contribution in [3.05, 3.63) is 82.3 Å². The smallest absolute Gasteiger partial charge is 0.340 e. The molecule has 162 valence electrons. The number of rotatable bonds is 9. The summed E-state index contributed by atoms with van der Waals surface area (Å²) in [7, 11) is 0. The van der Waals surface area contributed by atoms with Crippen molar-refractivity contribution in [3.8, 4) is 11.1 Å². The van der Waals surface area contributed by atoms with E-state index in [4.69, 9.17) is 10.5 Å². The summed E-state index contributed by atoms with van der Waals surface area (Å²) >= 11 is 0. The third-order valence-electron chi connectivity index (χ3n) is 4.77. The van der Waals surface area contributed by atoms with Crippen LogP contribution in [-0.4, -0.2) is 35.2 Å². The minimum atomic E-state index is -0.686. The molecule has 0 saturated carbocycles. The Morgan fingerprint density at radius 1 is 1.13 bits per heavy atom. The van der Waals surface area contributed by atoms with Gasteiger partial charge in [0.25, 0.3) is 5.91 Å². The van der Waals surface area contributed by atoms with E-state index in [1.165, 1.54) is 11.8 Å². The molecule has 0 fully saturated rings. The fraction of sp³-hybridized carbons (Fsp3) is 0.217. The lowest BCUT2D eigenvalue weighted by atomic mass is 10.0. The molecular formula is C23H25N4O4-. The number of H-pyrrole nitrogens is 1. The maximum absolute atomic E-state index is 12.2. The Labute approximate surface area is 180 Å². The number of carbonyl (C=O) groups excluding carboxylic acids is 2. The zero-order valence-corrected chi connectivity index (χ0v) is 17.5. The lowest BCUT2D eigenvalue weighted by Gasteiger charge is -2.29. The molecule has 1 aromatic heterocycles. The summed E-state index contributed by atoms with van der Waals surface area (Å²) in [5.41, 5.74) is 12.4. The summed E-state index contributed by atoms with van der Waals surface area (Å²) in [6.07, 6.45) is 2.02. The summed E-state index contributed by atoms with van der Waals surface area (Å²) in [4.78, 5) is 26.8. The molecule has 1 heterocycles. The number of carbonyl (C=O) groups is 2. The molecule has 0 saturated heterocycles. The van der Waals surface area contributed by atoms with E-state index in [0.717, 1.165) is 10.7 Å². The molecule has 31 heavy (non-hydrogen) atoms. The maximum atomic E-state index is 12.2. The molecule has 3 rings (SSSR count). The number of anilines is 1. The highest BCUT2D eigenvalue weighted by molar-refractivity contribution is 6.06. The predicted molar refractivity (Wildman–Crippen MR) is 119 cm³/mol. The monoisotopic (exact) mass is 421 g/mol. The van der Waals surface area contributed by atoms with Gasteiger partial charge in [-0.1, -0.05) is 42.0 Å². The molecule has 8 heteroatoms. The number of hydroxylamine groups is 1. The number of nitrogens with two attached hydrogens (primary N) is 1. The Morgan fingerprint density at radius 2 is 1.81 bits per heavy atom. The van der Waals surface area contributed by atoms with Crippen molar-refractivity contribution >= 4 is 17.6 Å². The molecule has 0 spiro atoms. The first-order chi connectivity index (χ1) is 14.9. The van der Waals surface area contributed by atoms with E-state index in [2.05, 4.69) is 10.4 Å². The van der Waals surface area contributed by atoms with Gasteiger partial charge < -0.3 is 26.1 Å². The van der Waals surface area contributed by atoms with Crippen LogP contribution >= 0.6 is 0 Å². The van der Waals surface area contributed by atoms with E-state index in [1.54, 1.807) is 31.2 Å². The first-order valence-corrected chi connectivity index (χ1v) is 9.94. The topological polar surface area (TPSA) is 124 Å². The van der Waals surface area contributed by atoms with Gasteiger partial charge >= 0.3 is 5.97 Å². The standard InChI is InChI=1S/C23H25N4O4/c1-3-31-23(29)19-14-25-21(22(24)28)20(19)17-8-10-18(11-9-17)26-27(30)13-12-16-6-4-15(2)5-7-16/h4-11,14,25-26H,3,12-13H2,1-2H3,(H2,24,28)/q-1. The van der Waals surface area contributed by atoms with Gasteiger partial charge in [0.2, 0.25) is 0 Å². The minimum absolute atomic E-state index is 0.118. The van der Waals surface area contributed by atoms with Crippen molar-refractivity contribution in [1.82, 2.24) is 10.2 Å². The summed E-state index contributed by atoms with van der Waals surface area (Å²) in [5.74, 6) is -1.24. The summed E-state index contributed by atoms with van der Waals surface area (Å²) in [5, 5.41) is 13.0. The number of nitrogens with zero attached hydrogens (tertiary/aromatic N) is 1. The number of ether oxygens (including phenoxy) is 1. The van der Waals surface area contributed by atoms with Gasteiger partial charge in [-0.05, 0) is 43.5 Å². The van der Waals surface area contributed by atoms with E-state index < -0.39 is 11.9 Å². The number of aromatic nitrogens is 1. The Balaban J connectivity index is 1.71. The maximum Gasteiger partial charge on any atom is 0.340 e. The Hall–Kier alpha value is -3.62. The number of primary amides is 1. The van der Waals surface area contributed by atoms with Crippen molar-refractivity contribution in [2.75, 3.05) is 18.6 Å². The molecule has 0 bridgehead atoms. The third-order valence-corrected chi connectivity index (χ3v) is 4.77. The van der Waals surface area contributed by atoms with Gasteiger partial charge in [0.05, 0.1) is 12.2 Å². The summed E-state index contributed by atoms with van der Waals surface area (Å²) in [6, 6.07) is 14.8. The van der Waals surface area contributed by atoms with Crippen molar-refractivity contribution in [2.45, 2.75) is 20.3 Å². The van der Waals surface area contributed by atoms with Crippen molar-refractivity contribution in [2.24, 2.45) is 5.73 Å². The number of amides is 1. The minimum Gasteiger partial charge on any atom is -0.767 e. The fourth-order valence-corrected chi connectivity index (χ4v) is 3.18. The lowest BCUT2D eigenvalue weighted by Crippen LogP contribution is -2.25. The molecule has 4 N–H and O–H groups in total. The molecule has 0 radical (unpaired) electrons. The first-order valence-electron chi connectivity index (χ1n) is 9.94. The van der Waals surface area contributed by atoms with E-state index in [1.807, 2.05) is 31.2 Å². The molecule has 3 aromatic rings. The van der Waals surface area contributed by atoms with Crippen LogP contribution < -0.4 is 11.2 Å². The summed E-state index contributed by atoms with van der Waals surface area (Å²) < 4.78 is 5.06. The fourth-order valence-electron chi connectivity index (χ4n) is 3.18. The van der Waals surface area contributed by atoms with Crippen molar-refractivity contribution in [1.29, 1.82) is 0 Å². The lowest BCUT2D eigenvalue weighted by molar-refractivity contribution is 0.0527. The Morgan fingerprint density at radius 3 is 2.42 bits per heavy atom. The van der Waals surface area contributed by atoms with Crippen LogP contribution in [0.4, 0.5) is 5.69 Å².